The van der Waals surface area contributed by atoms with E-state index in [4.69, 9.17) is 5.26 Å². The van der Waals surface area contributed by atoms with E-state index in [2.05, 4.69) is 9.72 Å². The number of hydrogen-bond donors (Lipinski definition) is 0. The van der Waals surface area contributed by atoms with Crippen molar-refractivity contribution in [1.82, 2.24) is 4.98 Å². The number of nitrogens with zero attached hydrogens (tertiary/aromatic N) is 2. The molecule has 0 aliphatic carbocycles. The van der Waals surface area contributed by atoms with Gasteiger partial charge in [0.1, 0.15) is 27.5 Å². The number of rotatable bonds is 4. The number of nitriles is 1. The number of ether oxygens (including phenoxy) is 1. The van der Waals surface area contributed by atoms with E-state index >= 15 is 0 Å². The van der Waals surface area contributed by atoms with Crippen molar-refractivity contribution in [2.24, 2.45) is 0 Å². The first-order chi connectivity index (χ1) is 9.55. The molecule has 4 nitrogen and oxygen atoms in total. The lowest BCUT2D eigenvalue weighted by atomic mass is 10.2. The summed E-state index contributed by atoms with van der Waals surface area (Å²) < 4.78 is 42.1. The first-order valence-electron chi connectivity index (χ1n) is 5.16. The van der Waals surface area contributed by atoms with Crippen LogP contribution in [0.1, 0.15) is 15.4 Å². The molecule has 0 aliphatic heterocycles. The zero-order valence-corrected chi connectivity index (χ0v) is 10.5. The Hall–Kier alpha value is -2.40. The van der Waals surface area contributed by atoms with E-state index < -0.39 is 12.4 Å². The Balaban J connectivity index is 2.56. The average molecular weight is 298 g/mol. The molecule has 0 N–H and O–H groups in total. The SMILES string of the molecule is N#Cc1nc(-c2cc(F)ccc2OC(F)F)sc1C=O. The monoisotopic (exact) mass is 298 g/mol. The fourth-order valence-corrected chi connectivity index (χ4v) is 2.33. The van der Waals surface area contributed by atoms with Crippen LogP contribution in [-0.2, 0) is 0 Å². The van der Waals surface area contributed by atoms with Gasteiger partial charge in [0.25, 0.3) is 0 Å². The number of carbonyl (C=O) groups excluding carboxylic acids is 1. The second kappa shape index (κ2) is 5.71. The van der Waals surface area contributed by atoms with Gasteiger partial charge in [-0.3, -0.25) is 4.79 Å². The van der Waals surface area contributed by atoms with Crippen molar-refractivity contribution in [3.8, 4) is 22.4 Å². The summed E-state index contributed by atoms with van der Waals surface area (Å²) in [5.41, 5.74) is -0.188. The van der Waals surface area contributed by atoms with Gasteiger partial charge in [-0.2, -0.15) is 14.0 Å². The average Bonchev–Trinajstić information content (AvgIpc) is 2.83. The molecular formula is C12H5F3N2O2S. The van der Waals surface area contributed by atoms with E-state index in [1.54, 1.807) is 6.07 Å². The summed E-state index contributed by atoms with van der Waals surface area (Å²) in [6.45, 7) is -3.08. The third-order valence-corrected chi connectivity index (χ3v) is 3.27. The molecule has 102 valence electrons. The molecule has 0 saturated heterocycles. The summed E-state index contributed by atoms with van der Waals surface area (Å²) >= 11 is 0.794. The van der Waals surface area contributed by atoms with Crippen LogP contribution in [0.3, 0.4) is 0 Å². The molecule has 2 aromatic rings. The highest BCUT2D eigenvalue weighted by atomic mass is 32.1. The third kappa shape index (κ3) is 2.78. The number of aldehydes is 1. The first-order valence-corrected chi connectivity index (χ1v) is 5.97. The van der Waals surface area contributed by atoms with Crippen molar-refractivity contribution < 1.29 is 22.7 Å². The lowest BCUT2D eigenvalue weighted by Crippen LogP contribution is -2.03. The smallest absolute Gasteiger partial charge is 0.387 e. The number of thiazole rings is 1. The van der Waals surface area contributed by atoms with Gasteiger partial charge in [-0.15, -0.1) is 11.3 Å². The van der Waals surface area contributed by atoms with E-state index in [0.29, 0.717) is 6.29 Å². The van der Waals surface area contributed by atoms with Crippen LogP contribution in [0.15, 0.2) is 18.2 Å². The molecule has 0 aliphatic rings. The van der Waals surface area contributed by atoms with E-state index in [0.717, 1.165) is 29.5 Å². The second-order valence-electron chi connectivity index (χ2n) is 3.48. The Morgan fingerprint density at radius 1 is 1.45 bits per heavy atom. The molecule has 0 spiro atoms. The predicted octanol–water partition coefficient (Wildman–Crippen LogP) is 3.23. The Morgan fingerprint density at radius 2 is 2.20 bits per heavy atom. The van der Waals surface area contributed by atoms with Crippen LogP contribution in [0.2, 0.25) is 0 Å². The molecule has 2 rings (SSSR count). The molecule has 0 radical (unpaired) electrons. The first kappa shape index (κ1) is 14.0. The predicted molar refractivity (Wildman–Crippen MR) is 64.2 cm³/mol. The highest BCUT2D eigenvalue weighted by Gasteiger charge is 2.18. The number of aromatic nitrogens is 1. The maximum Gasteiger partial charge on any atom is 0.387 e. The van der Waals surface area contributed by atoms with Gasteiger partial charge >= 0.3 is 6.61 Å². The van der Waals surface area contributed by atoms with Gasteiger partial charge in [-0.25, -0.2) is 9.37 Å². The van der Waals surface area contributed by atoms with E-state index in [1.165, 1.54) is 0 Å². The molecule has 1 aromatic carbocycles. The molecule has 20 heavy (non-hydrogen) atoms. The molecular weight excluding hydrogens is 293 g/mol. The van der Waals surface area contributed by atoms with Crippen LogP contribution in [-0.4, -0.2) is 17.9 Å². The fraction of sp³-hybridized carbons (Fsp3) is 0.0833. The Morgan fingerprint density at radius 3 is 2.75 bits per heavy atom. The van der Waals surface area contributed by atoms with Gasteiger partial charge in [-0.1, -0.05) is 0 Å². The summed E-state index contributed by atoms with van der Waals surface area (Å²) in [5.74, 6) is -0.958. The quantitative estimate of drug-likeness (QED) is 0.813. The van der Waals surface area contributed by atoms with Gasteiger partial charge in [0.05, 0.1) is 5.56 Å². The van der Waals surface area contributed by atoms with Gasteiger partial charge in [0.15, 0.2) is 12.0 Å². The zero-order valence-electron chi connectivity index (χ0n) is 9.64. The maximum atomic E-state index is 13.2. The van der Waals surface area contributed by atoms with Crippen LogP contribution >= 0.6 is 11.3 Å². The van der Waals surface area contributed by atoms with Crippen molar-refractivity contribution in [2.75, 3.05) is 0 Å². The Kier molecular flexibility index (Phi) is 4.00. The minimum Gasteiger partial charge on any atom is -0.434 e. The van der Waals surface area contributed by atoms with Crippen molar-refractivity contribution >= 4 is 17.6 Å². The van der Waals surface area contributed by atoms with Gasteiger partial charge < -0.3 is 4.74 Å². The molecule has 0 saturated carbocycles. The van der Waals surface area contributed by atoms with E-state index in [1.807, 2.05) is 0 Å². The molecule has 1 heterocycles. The molecule has 0 unspecified atom stereocenters. The van der Waals surface area contributed by atoms with Crippen LogP contribution in [0.5, 0.6) is 5.75 Å². The number of benzene rings is 1. The Labute approximate surface area is 115 Å². The summed E-state index contributed by atoms with van der Waals surface area (Å²) in [4.78, 5) is 14.6. The van der Waals surface area contributed by atoms with E-state index in [-0.39, 0.29) is 26.9 Å². The van der Waals surface area contributed by atoms with Crippen molar-refractivity contribution in [3.63, 3.8) is 0 Å². The van der Waals surface area contributed by atoms with Gasteiger partial charge in [0.2, 0.25) is 0 Å². The molecule has 0 bridgehead atoms. The fourth-order valence-electron chi connectivity index (χ4n) is 1.48. The zero-order chi connectivity index (χ0) is 14.7. The largest absolute Gasteiger partial charge is 0.434 e. The normalized spacial score (nSPS) is 10.3. The number of carbonyl (C=O) groups is 1. The lowest BCUT2D eigenvalue weighted by Gasteiger charge is -2.08. The summed E-state index contributed by atoms with van der Waals surface area (Å²) in [5, 5.41) is 8.84. The maximum absolute atomic E-state index is 13.2. The second-order valence-corrected chi connectivity index (χ2v) is 4.51. The number of alkyl halides is 2. The lowest BCUT2D eigenvalue weighted by molar-refractivity contribution is -0.0494. The van der Waals surface area contributed by atoms with Gasteiger partial charge in [0, 0.05) is 0 Å². The van der Waals surface area contributed by atoms with Crippen LogP contribution in [0, 0.1) is 17.1 Å². The number of hydrogen-bond acceptors (Lipinski definition) is 5. The highest BCUT2D eigenvalue weighted by molar-refractivity contribution is 7.16. The van der Waals surface area contributed by atoms with Gasteiger partial charge in [-0.05, 0) is 18.2 Å². The molecule has 0 atom stereocenters. The van der Waals surface area contributed by atoms with Crippen LogP contribution in [0.25, 0.3) is 10.6 Å². The highest BCUT2D eigenvalue weighted by Crippen LogP contribution is 2.35. The third-order valence-electron chi connectivity index (χ3n) is 2.25. The van der Waals surface area contributed by atoms with E-state index in [9.17, 15) is 18.0 Å². The minimum atomic E-state index is -3.08. The Bertz CT molecular complexity index is 694. The van der Waals surface area contributed by atoms with Crippen LogP contribution in [0.4, 0.5) is 13.2 Å². The molecule has 8 heteroatoms. The minimum absolute atomic E-state index is 0.0368. The van der Waals surface area contributed by atoms with Crippen molar-refractivity contribution in [3.05, 3.63) is 34.6 Å². The summed E-state index contributed by atoms with van der Waals surface area (Å²) in [7, 11) is 0. The van der Waals surface area contributed by atoms with Crippen molar-refractivity contribution in [2.45, 2.75) is 6.61 Å². The van der Waals surface area contributed by atoms with Crippen LogP contribution < -0.4 is 4.74 Å². The molecule has 1 aromatic heterocycles. The summed E-state index contributed by atoms with van der Waals surface area (Å²) in [6, 6.07) is 4.64. The number of halogens is 3. The summed E-state index contributed by atoms with van der Waals surface area (Å²) in [6.07, 6.45) is 0.423. The molecule has 0 fully saturated rings. The van der Waals surface area contributed by atoms with Crippen molar-refractivity contribution in [1.29, 1.82) is 5.26 Å². The molecule has 0 amide bonds. The topological polar surface area (TPSA) is 63.0 Å². The standard InChI is InChI=1S/C12H5F3N2O2S/c13-6-1-2-9(19-12(14)15)7(3-6)11-17-8(4-16)10(5-18)20-11/h1-3,5,12H.